The van der Waals surface area contributed by atoms with Gasteiger partial charge in [-0.1, -0.05) is 12.1 Å². The van der Waals surface area contributed by atoms with Crippen LogP contribution in [0.1, 0.15) is 0 Å². The van der Waals surface area contributed by atoms with E-state index in [0.717, 1.165) is 33.7 Å². The van der Waals surface area contributed by atoms with Crippen molar-refractivity contribution in [2.24, 2.45) is 0 Å². The fourth-order valence-corrected chi connectivity index (χ4v) is 2.11. The van der Waals surface area contributed by atoms with E-state index in [4.69, 9.17) is 13.9 Å². The van der Waals surface area contributed by atoms with E-state index in [2.05, 4.69) is 4.98 Å². The SMILES string of the molecule is c1nc2cc(-c3ccc4c(c3)OCO4)ccc2o1. The molecule has 3 aromatic rings. The lowest BCUT2D eigenvalue weighted by atomic mass is 10.0. The minimum Gasteiger partial charge on any atom is -0.454 e. The van der Waals surface area contributed by atoms with Crippen molar-refractivity contribution in [1.29, 1.82) is 0 Å². The lowest BCUT2D eigenvalue weighted by Crippen LogP contribution is -1.92. The summed E-state index contributed by atoms with van der Waals surface area (Å²) in [6, 6.07) is 11.8. The zero-order valence-corrected chi connectivity index (χ0v) is 9.42. The fraction of sp³-hybridized carbons (Fsp3) is 0.0714. The molecule has 4 rings (SSSR count). The number of oxazole rings is 1. The fourth-order valence-electron chi connectivity index (χ4n) is 2.11. The summed E-state index contributed by atoms with van der Waals surface area (Å²) in [7, 11) is 0. The topological polar surface area (TPSA) is 44.5 Å². The summed E-state index contributed by atoms with van der Waals surface area (Å²) < 4.78 is 15.9. The number of nitrogens with zero attached hydrogens (tertiary/aromatic N) is 1. The lowest BCUT2D eigenvalue weighted by molar-refractivity contribution is 0.174. The Morgan fingerprint density at radius 3 is 2.72 bits per heavy atom. The Morgan fingerprint density at radius 2 is 1.72 bits per heavy atom. The van der Waals surface area contributed by atoms with Crippen LogP contribution < -0.4 is 9.47 Å². The molecule has 2 heterocycles. The Kier molecular flexibility index (Phi) is 1.85. The van der Waals surface area contributed by atoms with Gasteiger partial charge in [0.15, 0.2) is 23.5 Å². The third kappa shape index (κ3) is 1.35. The maximum absolute atomic E-state index is 5.38. The Hall–Kier alpha value is -2.49. The van der Waals surface area contributed by atoms with Crippen LogP contribution in [0, 0.1) is 0 Å². The Morgan fingerprint density at radius 1 is 0.889 bits per heavy atom. The van der Waals surface area contributed by atoms with Crippen LogP contribution in [0.5, 0.6) is 11.5 Å². The van der Waals surface area contributed by atoms with Crippen LogP contribution in [0.3, 0.4) is 0 Å². The van der Waals surface area contributed by atoms with E-state index >= 15 is 0 Å². The molecule has 88 valence electrons. The van der Waals surface area contributed by atoms with Crippen LogP contribution in [-0.2, 0) is 0 Å². The first-order chi connectivity index (χ1) is 8.90. The number of benzene rings is 2. The second-order valence-corrected chi connectivity index (χ2v) is 4.10. The van der Waals surface area contributed by atoms with Gasteiger partial charge < -0.3 is 13.9 Å². The quantitative estimate of drug-likeness (QED) is 0.654. The van der Waals surface area contributed by atoms with Gasteiger partial charge in [0, 0.05) is 0 Å². The Labute approximate surface area is 103 Å². The lowest BCUT2D eigenvalue weighted by Gasteiger charge is -2.03. The first kappa shape index (κ1) is 9.53. The molecule has 0 unspecified atom stereocenters. The van der Waals surface area contributed by atoms with Gasteiger partial charge in [-0.25, -0.2) is 4.98 Å². The third-order valence-corrected chi connectivity index (χ3v) is 3.04. The highest BCUT2D eigenvalue weighted by molar-refractivity contribution is 5.80. The molecule has 0 saturated heterocycles. The summed E-state index contributed by atoms with van der Waals surface area (Å²) in [5, 5.41) is 0. The molecule has 18 heavy (non-hydrogen) atoms. The van der Waals surface area contributed by atoms with Crippen molar-refractivity contribution in [2.75, 3.05) is 6.79 Å². The normalized spacial score (nSPS) is 13.1. The minimum absolute atomic E-state index is 0.293. The summed E-state index contributed by atoms with van der Waals surface area (Å²) in [5.41, 5.74) is 3.79. The summed E-state index contributed by atoms with van der Waals surface area (Å²) in [4.78, 5) is 4.15. The van der Waals surface area contributed by atoms with Crippen LogP contribution in [0.4, 0.5) is 0 Å². The summed E-state index contributed by atoms with van der Waals surface area (Å²) in [6.45, 7) is 0.293. The smallest absolute Gasteiger partial charge is 0.231 e. The zero-order valence-electron chi connectivity index (χ0n) is 9.42. The van der Waals surface area contributed by atoms with Crippen LogP contribution >= 0.6 is 0 Å². The van der Waals surface area contributed by atoms with Crippen LogP contribution in [0.15, 0.2) is 47.2 Å². The molecule has 1 aliphatic rings. The molecule has 0 amide bonds. The number of hydrogen-bond donors (Lipinski definition) is 0. The van der Waals surface area contributed by atoms with Gasteiger partial charge in [-0.2, -0.15) is 0 Å². The molecule has 1 aliphatic heterocycles. The van der Waals surface area contributed by atoms with Crippen molar-refractivity contribution >= 4 is 11.1 Å². The maximum Gasteiger partial charge on any atom is 0.231 e. The zero-order chi connectivity index (χ0) is 11.9. The summed E-state index contributed by atoms with van der Waals surface area (Å²) in [5.74, 6) is 1.58. The molecule has 2 aromatic carbocycles. The molecule has 0 saturated carbocycles. The molecule has 4 nitrogen and oxygen atoms in total. The molecule has 1 aromatic heterocycles. The minimum atomic E-state index is 0.293. The first-order valence-corrected chi connectivity index (χ1v) is 5.63. The Balaban J connectivity index is 1.86. The molecule has 0 fully saturated rings. The van der Waals surface area contributed by atoms with E-state index < -0.39 is 0 Å². The van der Waals surface area contributed by atoms with Gasteiger partial charge in [0.2, 0.25) is 6.79 Å². The van der Waals surface area contributed by atoms with Crippen LogP contribution in [-0.4, -0.2) is 11.8 Å². The van der Waals surface area contributed by atoms with Crippen molar-refractivity contribution in [3.63, 3.8) is 0 Å². The van der Waals surface area contributed by atoms with E-state index in [1.807, 2.05) is 36.4 Å². The molecule has 0 atom stereocenters. The highest BCUT2D eigenvalue weighted by Gasteiger charge is 2.14. The van der Waals surface area contributed by atoms with Crippen LogP contribution in [0.25, 0.3) is 22.2 Å². The predicted molar refractivity (Wildman–Crippen MR) is 65.6 cm³/mol. The number of rotatable bonds is 1. The molecule has 0 spiro atoms. The largest absolute Gasteiger partial charge is 0.454 e. The average Bonchev–Trinajstić information content (AvgIpc) is 3.05. The molecule has 4 heteroatoms. The second kappa shape index (κ2) is 3.50. The molecule has 0 N–H and O–H groups in total. The summed E-state index contributed by atoms with van der Waals surface area (Å²) >= 11 is 0. The number of fused-ring (bicyclic) bond motifs is 2. The molecule has 0 bridgehead atoms. The van der Waals surface area contributed by atoms with Gasteiger partial charge in [0.25, 0.3) is 0 Å². The maximum atomic E-state index is 5.38. The van der Waals surface area contributed by atoms with Crippen LogP contribution in [0.2, 0.25) is 0 Å². The third-order valence-electron chi connectivity index (χ3n) is 3.04. The van der Waals surface area contributed by atoms with Crippen molar-refractivity contribution in [2.45, 2.75) is 0 Å². The molecular formula is C14H9NO3. The van der Waals surface area contributed by atoms with Crippen molar-refractivity contribution in [3.05, 3.63) is 42.8 Å². The van der Waals surface area contributed by atoms with Crippen molar-refractivity contribution in [3.8, 4) is 22.6 Å². The number of aromatic nitrogens is 1. The van der Waals surface area contributed by atoms with Gasteiger partial charge in [0.1, 0.15) is 5.52 Å². The predicted octanol–water partition coefficient (Wildman–Crippen LogP) is 3.22. The Bertz CT molecular complexity index is 733. The van der Waals surface area contributed by atoms with Crippen molar-refractivity contribution in [1.82, 2.24) is 4.98 Å². The van der Waals surface area contributed by atoms with E-state index in [0.29, 0.717) is 6.79 Å². The average molecular weight is 239 g/mol. The van der Waals surface area contributed by atoms with E-state index in [9.17, 15) is 0 Å². The number of ether oxygens (including phenoxy) is 2. The van der Waals surface area contributed by atoms with E-state index in [1.54, 1.807) is 0 Å². The first-order valence-electron chi connectivity index (χ1n) is 5.63. The van der Waals surface area contributed by atoms with Gasteiger partial charge in [-0.3, -0.25) is 0 Å². The molecular weight excluding hydrogens is 230 g/mol. The van der Waals surface area contributed by atoms with Gasteiger partial charge in [-0.05, 0) is 35.4 Å². The second-order valence-electron chi connectivity index (χ2n) is 4.10. The highest BCUT2D eigenvalue weighted by Crippen LogP contribution is 2.36. The van der Waals surface area contributed by atoms with Crippen molar-refractivity contribution < 1.29 is 13.9 Å². The van der Waals surface area contributed by atoms with Gasteiger partial charge in [-0.15, -0.1) is 0 Å². The molecule has 0 radical (unpaired) electrons. The van der Waals surface area contributed by atoms with E-state index in [-0.39, 0.29) is 0 Å². The van der Waals surface area contributed by atoms with E-state index in [1.165, 1.54) is 6.39 Å². The molecule has 0 aliphatic carbocycles. The summed E-state index contributed by atoms with van der Waals surface area (Å²) in [6.07, 6.45) is 1.45. The highest BCUT2D eigenvalue weighted by atomic mass is 16.7. The number of hydrogen-bond acceptors (Lipinski definition) is 4. The monoisotopic (exact) mass is 239 g/mol. The van der Waals surface area contributed by atoms with Gasteiger partial charge >= 0.3 is 0 Å². The standard InChI is InChI=1S/C14H9NO3/c1-3-12-11(15-7-16-12)5-9(1)10-2-4-13-14(6-10)18-8-17-13/h1-7H,8H2. The van der Waals surface area contributed by atoms with Gasteiger partial charge in [0.05, 0.1) is 0 Å².